The Morgan fingerprint density at radius 2 is 2.00 bits per heavy atom. The largest absolute Gasteiger partial charge is 0.367 e. The number of anilines is 1. The quantitative estimate of drug-likeness (QED) is 0.891. The van der Waals surface area contributed by atoms with E-state index in [4.69, 9.17) is 23.2 Å². The topological polar surface area (TPSA) is 15.3 Å². The van der Waals surface area contributed by atoms with Crippen molar-refractivity contribution in [3.63, 3.8) is 0 Å². The summed E-state index contributed by atoms with van der Waals surface area (Å²) in [7, 11) is 0. The van der Waals surface area contributed by atoms with Gasteiger partial charge in [0.25, 0.3) is 0 Å². The second-order valence-electron chi connectivity index (χ2n) is 6.09. The average Bonchev–Trinajstić information content (AvgIpc) is 3.18. The van der Waals surface area contributed by atoms with Gasteiger partial charge in [0.2, 0.25) is 0 Å². The highest BCUT2D eigenvalue weighted by Gasteiger charge is 2.44. The Kier molecular flexibility index (Phi) is 3.45. The Bertz CT molecular complexity index is 499. The van der Waals surface area contributed by atoms with E-state index in [9.17, 15) is 0 Å². The predicted octanol–water partition coefficient (Wildman–Crippen LogP) is 3.88. The normalized spacial score (nSPS) is 27.7. The molecule has 0 radical (unpaired) electrons. The maximum absolute atomic E-state index is 6.40. The zero-order chi connectivity index (χ0) is 13.6. The minimum absolute atomic E-state index is 0.221. The van der Waals surface area contributed by atoms with Crippen molar-refractivity contribution in [3.8, 4) is 0 Å². The van der Waals surface area contributed by atoms with E-state index in [2.05, 4.69) is 17.1 Å². The van der Waals surface area contributed by atoms with E-state index in [-0.39, 0.29) is 5.54 Å². The van der Waals surface area contributed by atoms with Gasteiger partial charge in [0.05, 0.1) is 10.7 Å². The van der Waals surface area contributed by atoms with Gasteiger partial charge in [-0.3, -0.25) is 0 Å². The Morgan fingerprint density at radius 3 is 2.68 bits per heavy atom. The number of piperazine rings is 1. The van der Waals surface area contributed by atoms with Gasteiger partial charge in [-0.15, -0.1) is 0 Å². The molecule has 1 aromatic rings. The molecule has 2 fully saturated rings. The lowest BCUT2D eigenvalue weighted by Crippen LogP contribution is -2.60. The lowest BCUT2D eigenvalue weighted by Gasteiger charge is -2.43. The molecular formula is C15H20Cl2N2. The lowest BCUT2D eigenvalue weighted by molar-refractivity contribution is 0.285. The summed E-state index contributed by atoms with van der Waals surface area (Å²) in [6, 6.07) is 3.98. The fraction of sp³-hybridized carbons (Fsp3) is 0.600. The molecule has 1 aliphatic heterocycles. The van der Waals surface area contributed by atoms with Gasteiger partial charge in [-0.05, 0) is 50.3 Å². The molecule has 1 saturated carbocycles. The monoisotopic (exact) mass is 298 g/mol. The Morgan fingerprint density at radius 1 is 1.26 bits per heavy atom. The highest BCUT2D eigenvalue weighted by molar-refractivity contribution is 6.35. The Hall–Kier alpha value is -0.440. The molecule has 1 aromatic carbocycles. The van der Waals surface area contributed by atoms with Gasteiger partial charge in [-0.1, -0.05) is 23.2 Å². The highest BCUT2D eigenvalue weighted by Crippen LogP contribution is 2.42. The molecule has 3 rings (SSSR count). The maximum atomic E-state index is 6.40. The summed E-state index contributed by atoms with van der Waals surface area (Å²) >= 11 is 12.7. The summed E-state index contributed by atoms with van der Waals surface area (Å²) in [6.07, 6.45) is 2.69. The summed E-state index contributed by atoms with van der Waals surface area (Å²) in [5.41, 5.74) is 2.33. The number of rotatable bonds is 2. The first-order valence-corrected chi connectivity index (χ1v) is 7.71. The van der Waals surface area contributed by atoms with Crippen molar-refractivity contribution in [1.29, 1.82) is 0 Å². The molecule has 2 nitrogen and oxygen atoms in total. The third-order valence-electron chi connectivity index (χ3n) is 4.48. The van der Waals surface area contributed by atoms with Crippen molar-refractivity contribution in [3.05, 3.63) is 27.7 Å². The van der Waals surface area contributed by atoms with Crippen LogP contribution in [0.4, 0.5) is 5.69 Å². The smallest absolute Gasteiger partial charge is 0.0643 e. The fourth-order valence-corrected chi connectivity index (χ4v) is 3.58. The standard InChI is InChI=1S/C15H20Cl2N2/c1-10-7-13(17)14(8-12(10)16)19-6-5-18-15(2,9-19)11-3-4-11/h7-8,11,18H,3-6,9H2,1-2H3. The van der Waals surface area contributed by atoms with E-state index >= 15 is 0 Å². The van der Waals surface area contributed by atoms with Gasteiger partial charge in [-0.25, -0.2) is 0 Å². The average molecular weight is 299 g/mol. The van der Waals surface area contributed by atoms with E-state index in [1.807, 2.05) is 19.1 Å². The molecule has 1 atom stereocenters. The van der Waals surface area contributed by atoms with Crippen LogP contribution in [0.5, 0.6) is 0 Å². The van der Waals surface area contributed by atoms with Crippen LogP contribution in [-0.4, -0.2) is 25.2 Å². The van der Waals surface area contributed by atoms with E-state index in [0.717, 1.165) is 46.8 Å². The first kappa shape index (κ1) is 13.5. The number of aryl methyl sites for hydroxylation is 1. The first-order valence-electron chi connectivity index (χ1n) is 6.95. The molecule has 1 N–H and O–H groups in total. The van der Waals surface area contributed by atoms with Crippen molar-refractivity contribution >= 4 is 28.9 Å². The van der Waals surface area contributed by atoms with E-state index < -0.39 is 0 Å². The van der Waals surface area contributed by atoms with Crippen molar-refractivity contribution in [2.24, 2.45) is 5.92 Å². The molecule has 0 bridgehead atoms. The van der Waals surface area contributed by atoms with Crippen LogP contribution < -0.4 is 10.2 Å². The summed E-state index contributed by atoms with van der Waals surface area (Å²) in [5, 5.41) is 5.29. The molecular weight excluding hydrogens is 279 g/mol. The van der Waals surface area contributed by atoms with Crippen molar-refractivity contribution < 1.29 is 0 Å². The van der Waals surface area contributed by atoms with E-state index in [1.54, 1.807) is 0 Å². The molecule has 2 aliphatic rings. The number of halogens is 2. The van der Waals surface area contributed by atoms with E-state index in [1.165, 1.54) is 12.8 Å². The summed E-state index contributed by atoms with van der Waals surface area (Å²) in [6.45, 7) is 7.33. The van der Waals surface area contributed by atoms with Crippen LogP contribution in [0.3, 0.4) is 0 Å². The van der Waals surface area contributed by atoms with Crippen LogP contribution in [0.15, 0.2) is 12.1 Å². The summed E-state index contributed by atoms with van der Waals surface area (Å²) < 4.78 is 0. The van der Waals surface area contributed by atoms with Crippen molar-refractivity contribution in [1.82, 2.24) is 5.32 Å². The minimum Gasteiger partial charge on any atom is -0.367 e. The van der Waals surface area contributed by atoms with Gasteiger partial charge in [0.15, 0.2) is 0 Å². The van der Waals surface area contributed by atoms with Crippen LogP contribution >= 0.6 is 23.2 Å². The third kappa shape index (κ3) is 2.58. The van der Waals surface area contributed by atoms with E-state index in [0.29, 0.717) is 0 Å². The van der Waals surface area contributed by atoms with Gasteiger partial charge in [0, 0.05) is 30.2 Å². The second-order valence-corrected chi connectivity index (χ2v) is 6.91. The maximum Gasteiger partial charge on any atom is 0.0643 e. The second kappa shape index (κ2) is 4.83. The molecule has 0 aromatic heterocycles. The SMILES string of the molecule is Cc1cc(Cl)c(N2CCNC(C)(C3CC3)C2)cc1Cl. The van der Waals surface area contributed by atoms with Gasteiger partial charge < -0.3 is 10.2 Å². The molecule has 4 heteroatoms. The lowest BCUT2D eigenvalue weighted by atomic mass is 9.92. The molecule has 1 unspecified atom stereocenters. The van der Waals surface area contributed by atoms with Crippen LogP contribution in [-0.2, 0) is 0 Å². The van der Waals surface area contributed by atoms with Crippen molar-refractivity contribution in [2.75, 3.05) is 24.5 Å². The number of nitrogens with one attached hydrogen (secondary N) is 1. The van der Waals surface area contributed by atoms with Crippen LogP contribution in [0.25, 0.3) is 0 Å². The minimum atomic E-state index is 0.221. The Balaban J connectivity index is 1.87. The highest BCUT2D eigenvalue weighted by atomic mass is 35.5. The van der Waals surface area contributed by atoms with Gasteiger partial charge >= 0.3 is 0 Å². The van der Waals surface area contributed by atoms with Crippen LogP contribution in [0.2, 0.25) is 10.0 Å². The molecule has 1 heterocycles. The van der Waals surface area contributed by atoms with Gasteiger partial charge in [-0.2, -0.15) is 0 Å². The predicted molar refractivity (Wildman–Crippen MR) is 82.5 cm³/mol. The number of hydrogen-bond donors (Lipinski definition) is 1. The molecule has 19 heavy (non-hydrogen) atoms. The summed E-state index contributed by atoms with van der Waals surface area (Å²) in [5.74, 6) is 0.815. The number of hydrogen-bond acceptors (Lipinski definition) is 2. The third-order valence-corrected chi connectivity index (χ3v) is 5.19. The number of nitrogens with zero attached hydrogens (tertiary/aromatic N) is 1. The van der Waals surface area contributed by atoms with Crippen LogP contribution in [0, 0.1) is 12.8 Å². The molecule has 1 aliphatic carbocycles. The zero-order valence-corrected chi connectivity index (χ0v) is 13.0. The molecule has 1 saturated heterocycles. The van der Waals surface area contributed by atoms with Crippen LogP contribution in [0.1, 0.15) is 25.3 Å². The van der Waals surface area contributed by atoms with Gasteiger partial charge in [0.1, 0.15) is 0 Å². The zero-order valence-electron chi connectivity index (χ0n) is 11.5. The molecule has 104 valence electrons. The first-order chi connectivity index (χ1) is 8.99. The number of benzene rings is 1. The Labute approximate surface area is 125 Å². The fourth-order valence-electron chi connectivity index (χ4n) is 3.09. The van der Waals surface area contributed by atoms with Crippen molar-refractivity contribution in [2.45, 2.75) is 32.2 Å². The summed E-state index contributed by atoms with van der Waals surface area (Å²) in [4.78, 5) is 2.38. The molecule has 0 amide bonds. The molecule has 0 spiro atoms.